The summed E-state index contributed by atoms with van der Waals surface area (Å²) in [6, 6.07) is 5.20. The number of phenols is 1. The first-order valence-electron chi connectivity index (χ1n) is 19.8. The van der Waals surface area contributed by atoms with Crippen molar-refractivity contribution >= 4 is 64.1 Å². The number of aromatic hydroxyl groups is 1. The molecule has 0 radical (unpaired) electrons. The number of amides is 6. The molecular weight excluding hydrogens is 797 g/mol. The van der Waals surface area contributed by atoms with Gasteiger partial charge in [0.1, 0.15) is 42.0 Å². The Morgan fingerprint density at radius 2 is 1.53 bits per heavy atom. The van der Waals surface area contributed by atoms with Gasteiger partial charge < -0.3 is 57.5 Å². The fourth-order valence-electron chi connectivity index (χ4n) is 6.89. The monoisotopic (exact) mass is 852 g/mol. The molecule has 0 aliphatic carbocycles. The van der Waals surface area contributed by atoms with E-state index in [0.717, 1.165) is 16.5 Å². The van der Waals surface area contributed by atoms with Crippen LogP contribution in [0.25, 0.3) is 10.9 Å². The number of aliphatic hydroxyl groups excluding tert-OH is 1. The molecule has 11 N–H and O–H groups in total. The van der Waals surface area contributed by atoms with Crippen LogP contribution >= 0.6 is 11.8 Å². The van der Waals surface area contributed by atoms with Crippen molar-refractivity contribution in [2.24, 2.45) is 11.7 Å². The average Bonchev–Trinajstić information content (AvgIpc) is 3.88. The van der Waals surface area contributed by atoms with E-state index >= 15 is 0 Å². The van der Waals surface area contributed by atoms with Gasteiger partial charge in [-0.15, -0.1) is 0 Å². The van der Waals surface area contributed by atoms with E-state index < -0.39 is 96.2 Å². The molecule has 1 aliphatic heterocycles. The Morgan fingerprint density at radius 3 is 2.18 bits per heavy atom. The maximum Gasteiger partial charge on any atom is 0.326 e. The van der Waals surface area contributed by atoms with E-state index in [1.165, 1.54) is 35.7 Å². The Labute approximate surface area is 352 Å². The number of aromatic nitrogens is 1. The summed E-state index contributed by atoms with van der Waals surface area (Å²) in [6.45, 7) is 4.12. The lowest BCUT2D eigenvalue weighted by Gasteiger charge is -2.31. The molecule has 60 heavy (non-hydrogen) atoms. The van der Waals surface area contributed by atoms with Crippen LogP contribution in [0.15, 0.2) is 54.7 Å². The molecule has 326 valence electrons. The number of carboxylic acids is 1. The maximum absolute atomic E-state index is 14.3. The third-order valence-corrected chi connectivity index (χ3v) is 11.0. The van der Waals surface area contributed by atoms with Gasteiger partial charge in [-0.3, -0.25) is 28.8 Å². The molecule has 1 saturated heterocycles. The van der Waals surface area contributed by atoms with Gasteiger partial charge in [-0.25, -0.2) is 4.79 Å². The van der Waals surface area contributed by atoms with E-state index in [1.54, 1.807) is 38.4 Å². The molecule has 18 nitrogen and oxygen atoms in total. The molecule has 0 unspecified atom stereocenters. The number of carbonyl (C=O) groups excluding carboxylic acids is 6. The van der Waals surface area contributed by atoms with E-state index in [0.29, 0.717) is 17.7 Å². The number of aliphatic hydroxyl groups is 1. The predicted molar refractivity (Wildman–Crippen MR) is 224 cm³/mol. The summed E-state index contributed by atoms with van der Waals surface area (Å²) >= 11 is 1.39. The van der Waals surface area contributed by atoms with Crippen LogP contribution in [0.2, 0.25) is 0 Å². The van der Waals surface area contributed by atoms with Gasteiger partial charge in [0.05, 0.1) is 12.6 Å². The molecule has 2 heterocycles. The van der Waals surface area contributed by atoms with Gasteiger partial charge >= 0.3 is 5.97 Å². The number of carboxylic acid groups (broad SMARTS) is 1. The minimum Gasteiger partial charge on any atom is -0.508 e. The van der Waals surface area contributed by atoms with Gasteiger partial charge in [-0.05, 0) is 79.9 Å². The van der Waals surface area contributed by atoms with E-state index in [-0.39, 0.29) is 38.0 Å². The van der Waals surface area contributed by atoms with E-state index in [1.807, 2.05) is 24.3 Å². The largest absolute Gasteiger partial charge is 0.508 e. The van der Waals surface area contributed by atoms with Crippen molar-refractivity contribution in [1.82, 2.24) is 36.5 Å². The molecule has 6 amide bonds. The number of carbonyl (C=O) groups is 7. The van der Waals surface area contributed by atoms with E-state index in [9.17, 15) is 48.9 Å². The summed E-state index contributed by atoms with van der Waals surface area (Å²) in [5, 5.41) is 43.1. The number of aromatic amines is 1. The Hall–Kier alpha value is -5.66. The van der Waals surface area contributed by atoms with Crippen LogP contribution in [-0.4, -0.2) is 134 Å². The number of nitrogens with two attached hydrogens (primary N) is 1. The second kappa shape index (κ2) is 22.1. The molecule has 7 atom stereocenters. The lowest BCUT2D eigenvalue weighted by atomic mass is 10.00. The van der Waals surface area contributed by atoms with Crippen molar-refractivity contribution in [3.05, 3.63) is 65.9 Å². The van der Waals surface area contributed by atoms with Crippen LogP contribution in [0.5, 0.6) is 5.75 Å². The molecule has 2 aromatic carbocycles. The lowest BCUT2D eigenvalue weighted by molar-refractivity contribution is -0.144. The topological polar surface area (TPSA) is 285 Å². The summed E-state index contributed by atoms with van der Waals surface area (Å²) in [6.07, 6.45) is 4.41. The Balaban J connectivity index is 1.45. The lowest BCUT2D eigenvalue weighted by Crippen LogP contribution is -2.60. The highest BCUT2D eigenvalue weighted by Crippen LogP contribution is 2.22. The molecule has 0 saturated carbocycles. The molecule has 0 bridgehead atoms. The minimum absolute atomic E-state index is 0.0222. The number of benzene rings is 2. The first kappa shape index (κ1) is 47.0. The van der Waals surface area contributed by atoms with Crippen LogP contribution in [0.3, 0.4) is 0 Å². The average molecular weight is 853 g/mol. The number of nitrogens with one attached hydrogen (secondary N) is 6. The third kappa shape index (κ3) is 12.7. The number of likely N-dealkylation sites (tertiary alicyclic amines) is 1. The first-order chi connectivity index (χ1) is 28.5. The van der Waals surface area contributed by atoms with Gasteiger partial charge in [0.2, 0.25) is 35.4 Å². The van der Waals surface area contributed by atoms with Gasteiger partial charge in [-0.1, -0.05) is 44.2 Å². The number of H-pyrrole nitrogens is 1. The molecule has 19 heteroatoms. The molecule has 1 fully saturated rings. The highest BCUT2D eigenvalue weighted by Gasteiger charge is 2.40. The third-order valence-electron chi connectivity index (χ3n) is 10.3. The molecule has 3 aromatic rings. The van der Waals surface area contributed by atoms with Gasteiger partial charge in [0.25, 0.3) is 0 Å². The summed E-state index contributed by atoms with van der Waals surface area (Å²) in [5.41, 5.74) is 8.51. The number of thioether (sulfide) groups is 1. The second-order valence-corrected chi connectivity index (χ2v) is 16.2. The summed E-state index contributed by atoms with van der Waals surface area (Å²) in [5.74, 6) is -5.59. The predicted octanol–water partition coefficient (Wildman–Crippen LogP) is -0.0931. The zero-order valence-electron chi connectivity index (χ0n) is 34.1. The molecule has 1 aromatic heterocycles. The number of para-hydroxylation sites is 1. The molecular formula is C41H56N8O10S. The van der Waals surface area contributed by atoms with Crippen molar-refractivity contribution in [2.45, 2.75) is 95.2 Å². The zero-order valence-corrected chi connectivity index (χ0v) is 34.9. The fourth-order valence-corrected chi connectivity index (χ4v) is 7.36. The number of nitrogens with zero attached hydrogens (tertiary/aromatic N) is 1. The van der Waals surface area contributed by atoms with E-state index in [4.69, 9.17) is 5.73 Å². The van der Waals surface area contributed by atoms with Crippen LogP contribution in [0, 0.1) is 5.92 Å². The van der Waals surface area contributed by atoms with Crippen molar-refractivity contribution in [3.63, 3.8) is 0 Å². The van der Waals surface area contributed by atoms with Crippen molar-refractivity contribution < 1.29 is 48.9 Å². The van der Waals surface area contributed by atoms with Crippen LogP contribution in [0.1, 0.15) is 51.2 Å². The summed E-state index contributed by atoms with van der Waals surface area (Å²) in [7, 11) is 0. The van der Waals surface area contributed by atoms with Gasteiger partial charge in [0.15, 0.2) is 0 Å². The SMILES string of the molecule is CSCC[C@H](NC(=O)[C@H](CO)NC(=O)[C@@H]1CCCN1C(=O)[C@H](Cc1ccc(O)cc1)NC(=O)[C@@H](NC(=O)[C@H](C)NC(=O)[C@@H](N)Cc1c[nH]c2ccccc12)C(C)C)C(=O)O. The number of rotatable bonds is 21. The number of aliphatic carboxylic acids is 1. The Morgan fingerprint density at radius 1 is 0.850 bits per heavy atom. The quantitative estimate of drug-likeness (QED) is 0.0673. The number of fused-ring (bicyclic) bond motifs is 1. The number of hydrogen-bond donors (Lipinski definition) is 10. The normalized spacial score (nSPS) is 16.9. The van der Waals surface area contributed by atoms with Crippen LogP contribution in [-0.2, 0) is 46.4 Å². The Bertz CT molecular complexity index is 1990. The van der Waals surface area contributed by atoms with Crippen molar-refractivity contribution in [1.29, 1.82) is 0 Å². The standard InChI is InChI=1S/C41H56N8O10S/c1-22(2)34(48-35(52)23(3)44-36(53)28(42)19-25-20-43-29-9-6-5-8-27(25)29)39(56)46-31(18-24-11-13-26(51)14-12-24)40(57)49-16-7-10-33(49)38(55)47-32(21-50)37(54)45-30(41(58)59)15-17-60-4/h5-6,8-9,11-14,20,22-23,28,30-34,43,50-51H,7,10,15-19,21,42H2,1-4H3,(H,44,53)(H,45,54)(H,46,56)(H,47,55)(H,48,52)(H,58,59)/t23-,28-,30-,31-,32-,33-,34-/m0/s1. The molecule has 1 aliphatic rings. The van der Waals surface area contributed by atoms with Crippen LogP contribution in [0.4, 0.5) is 0 Å². The maximum atomic E-state index is 14.3. The minimum atomic E-state index is -1.50. The molecule has 4 rings (SSSR count). The Kier molecular flexibility index (Phi) is 17.3. The fraction of sp³-hybridized carbons (Fsp3) is 0.488. The second-order valence-electron chi connectivity index (χ2n) is 15.2. The summed E-state index contributed by atoms with van der Waals surface area (Å²) < 4.78 is 0. The van der Waals surface area contributed by atoms with Crippen molar-refractivity contribution in [3.8, 4) is 5.75 Å². The molecule has 0 spiro atoms. The van der Waals surface area contributed by atoms with Gasteiger partial charge in [-0.2, -0.15) is 11.8 Å². The number of hydrogen-bond acceptors (Lipinski definition) is 11. The van der Waals surface area contributed by atoms with Crippen molar-refractivity contribution in [2.75, 3.05) is 25.2 Å². The highest BCUT2D eigenvalue weighted by atomic mass is 32.2. The van der Waals surface area contributed by atoms with Crippen LogP contribution < -0.4 is 32.3 Å². The number of phenolic OH excluding ortho intramolecular Hbond substituents is 1. The highest BCUT2D eigenvalue weighted by molar-refractivity contribution is 7.98. The smallest absolute Gasteiger partial charge is 0.326 e. The first-order valence-corrected chi connectivity index (χ1v) is 21.2. The van der Waals surface area contributed by atoms with E-state index in [2.05, 4.69) is 31.6 Å². The zero-order chi connectivity index (χ0) is 44.1. The summed E-state index contributed by atoms with van der Waals surface area (Å²) in [4.78, 5) is 97.3. The van der Waals surface area contributed by atoms with Gasteiger partial charge in [0, 0.05) is 30.1 Å².